The van der Waals surface area contributed by atoms with Crippen LogP contribution in [0.3, 0.4) is 0 Å². The number of aliphatic carboxylic acids is 1. The first-order chi connectivity index (χ1) is 17.5. The monoisotopic (exact) mass is 524 g/mol. The number of aromatic amines is 1. The van der Waals surface area contributed by atoms with Crippen LogP contribution in [0.1, 0.15) is 58.1 Å². The second-order valence-corrected chi connectivity index (χ2v) is 9.01. The number of carboxylic acids is 1. The van der Waals surface area contributed by atoms with Crippen molar-refractivity contribution in [2.45, 2.75) is 83.0 Å². The normalized spacial score (nSPS) is 15.0. The minimum Gasteiger partial charge on any atom is -0.480 e. The second kappa shape index (κ2) is 16.3. The van der Waals surface area contributed by atoms with Gasteiger partial charge in [-0.1, -0.05) is 20.3 Å². The fourth-order valence-corrected chi connectivity index (χ4v) is 3.53. The van der Waals surface area contributed by atoms with E-state index < -0.39 is 53.8 Å². The molecule has 14 nitrogen and oxygen atoms in total. The predicted molar refractivity (Wildman–Crippen MR) is 134 cm³/mol. The Morgan fingerprint density at radius 1 is 1.03 bits per heavy atom. The van der Waals surface area contributed by atoms with Crippen LogP contribution in [0.25, 0.3) is 0 Å². The summed E-state index contributed by atoms with van der Waals surface area (Å²) in [4.78, 5) is 68.5. The molecule has 0 aliphatic rings. The number of hydrogen-bond donors (Lipinski definition) is 8. The predicted octanol–water partition coefficient (Wildman–Crippen LogP) is -1.74. The van der Waals surface area contributed by atoms with Crippen molar-refractivity contribution in [2.75, 3.05) is 6.54 Å². The Morgan fingerprint density at radius 3 is 2.19 bits per heavy atom. The number of carboxylic acid groups (broad SMARTS) is 1. The molecule has 11 N–H and O–H groups in total. The number of carbonyl (C=O) groups excluding carboxylic acids is 4. The first-order valence-corrected chi connectivity index (χ1v) is 12.3. The summed E-state index contributed by atoms with van der Waals surface area (Å²) in [5.41, 5.74) is 17.4. The number of amides is 4. The highest BCUT2D eigenvalue weighted by atomic mass is 16.4. The Labute approximate surface area is 215 Å². The molecule has 0 radical (unpaired) electrons. The van der Waals surface area contributed by atoms with Gasteiger partial charge < -0.3 is 43.2 Å². The number of hydrogen-bond acceptors (Lipinski definition) is 8. The maximum absolute atomic E-state index is 13.2. The van der Waals surface area contributed by atoms with Gasteiger partial charge in [0.25, 0.3) is 0 Å². The first kappa shape index (κ1) is 31.5. The average molecular weight is 525 g/mol. The number of nitrogens with zero attached hydrogens (tertiary/aromatic N) is 1. The number of carbonyl (C=O) groups is 5. The number of unbranched alkanes of at least 4 members (excludes halogenated alkanes) is 1. The minimum absolute atomic E-state index is 0.150. The first-order valence-electron chi connectivity index (χ1n) is 12.3. The highest BCUT2D eigenvalue weighted by molar-refractivity contribution is 5.94. The Hall–Kier alpha value is -3.52. The minimum atomic E-state index is -1.25. The molecule has 0 bridgehead atoms. The zero-order valence-corrected chi connectivity index (χ0v) is 21.4. The Bertz CT molecular complexity index is 894. The molecule has 0 fully saturated rings. The summed E-state index contributed by atoms with van der Waals surface area (Å²) in [7, 11) is 0. The number of imidazole rings is 1. The van der Waals surface area contributed by atoms with Gasteiger partial charge in [0.2, 0.25) is 23.6 Å². The SMILES string of the molecule is CCC(C)C(NC(=O)C(CCC(N)=O)NC(=O)C(CCCCN)NC(=O)C(N)Cc1cnc[nH]1)C(=O)O. The summed E-state index contributed by atoms with van der Waals surface area (Å²) in [6.07, 6.45) is 4.60. The smallest absolute Gasteiger partial charge is 0.326 e. The molecule has 0 saturated heterocycles. The van der Waals surface area contributed by atoms with E-state index in [0.717, 1.165) is 0 Å². The Balaban J connectivity index is 3.00. The lowest BCUT2D eigenvalue weighted by atomic mass is 9.98. The molecule has 208 valence electrons. The topological polar surface area (TPSA) is 248 Å². The van der Waals surface area contributed by atoms with Crippen LogP contribution in [0, 0.1) is 5.92 Å². The van der Waals surface area contributed by atoms with Crippen molar-refractivity contribution in [3.8, 4) is 0 Å². The van der Waals surface area contributed by atoms with Crippen LogP contribution in [0.2, 0.25) is 0 Å². The molecule has 4 amide bonds. The zero-order chi connectivity index (χ0) is 28.0. The fourth-order valence-electron chi connectivity index (χ4n) is 3.53. The van der Waals surface area contributed by atoms with Crippen LogP contribution in [0.4, 0.5) is 0 Å². The van der Waals surface area contributed by atoms with E-state index in [4.69, 9.17) is 17.2 Å². The Kier molecular flexibility index (Phi) is 13.9. The van der Waals surface area contributed by atoms with E-state index in [2.05, 4.69) is 25.9 Å². The number of nitrogens with two attached hydrogens (primary N) is 3. The van der Waals surface area contributed by atoms with Crippen LogP contribution in [0.5, 0.6) is 0 Å². The van der Waals surface area contributed by atoms with E-state index in [9.17, 15) is 29.1 Å². The van der Waals surface area contributed by atoms with Crippen molar-refractivity contribution in [3.63, 3.8) is 0 Å². The number of nitrogens with one attached hydrogen (secondary N) is 4. The largest absolute Gasteiger partial charge is 0.480 e. The van der Waals surface area contributed by atoms with Gasteiger partial charge in [-0.2, -0.15) is 0 Å². The number of aromatic nitrogens is 2. The molecule has 1 aromatic rings. The van der Waals surface area contributed by atoms with Crippen molar-refractivity contribution in [1.82, 2.24) is 25.9 Å². The van der Waals surface area contributed by atoms with Crippen molar-refractivity contribution in [1.29, 1.82) is 0 Å². The molecule has 0 spiro atoms. The molecule has 37 heavy (non-hydrogen) atoms. The quantitative estimate of drug-likeness (QED) is 0.101. The number of primary amides is 1. The molecular weight excluding hydrogens is 484 g/mol. The van der Waals surface area contributed by atoms with Crippen molar-refractivity contribution in [3.05, 3.63) is 18.2 Å². The summed E-state index contributed by atoms with van der Waals surface area (Å²) >= 11 is 0. The van der Waals surface area contributed by atoms with E-state index in [0.29, 0.717) is 31.5 Å². The molecule has 1 aromatic heterocycles. The molecule has 0 aromatic carbocycles. The fraction of sp³-hybridized carbons (Fsp3) is 0.652. The van der Waals surface area contributed by atoms with Crippen molar-refractivity contribution >= 4 is 29.6 Å². The second-order valence-electron chi connectivity index (χ2n) is 9.01. The molecule has 5 atom stereocenters. The standard InChI is InChI=1S/C23H40N8O6/c1-3-13(2)19(23(36)37)31-22(35)17(7-8-18(26)32)30-21(34)16(6-4-5-9-24)29-20(33)15(25)10-14-11-27-12-28-14/h11-13,15-17,19H,3-10,24-25H2,1-2H3,(H2,26,32)(H,27,28)(H,29,33)(H,30,34)(H,31,35)(H,36,37). The number of rotatable bonds is 18. The van der Waals surface area contributed by atoms with Crippen LogP contribution in [-0.2, 0) is 30.4 Å². The van der Waals surface area contributed by atoms with Gasteiger partial charge in [0.05, 0.1) is 12.4 Å². The zero-order valence-electron chi connectivity index (χ0n) is 21.4. The summed E-state index contributed by atoms with van der Waals surface area (Å²) in [5.74, 6) is -4.33. The van der Waals surface area contributed by atoms with Gasteiger partial charge in [-0.05, 0) is 38.1 Å². The lowest BCUT2D eigenvalue weighted by Gasteiger charge is -2.26. The van der Waals surface area contributed by atoms with Crippen molar-refractivity contribution in [2.24, 2.45) is 23.1 Å². The van der Waals surface area contributed by atoms with Gasteiger partial charge in [0.1, 0.15) is 18.1 Å². The van der Waals surface area contributed by atoms with E-state index >= 15 is 0 Å². The van der Waals surface area contributed by atoms with Crippen LogP contribution < -0.4 is 33.2 Å². The third-order valence-corrected chi connectivity index (χ3v) is 6.00. The highest BCUT2D eigenvalue weighted by Gasteiger charge is 2.32. The molecule has 1 heterocycles. The average Bonchev–Trinajstić information content (AvgIpc) is 3.36. The summed E-state index contributed by atoms with van der Waals surface area (Å²) < 4.78 is 0. The summed E-state index contributed by atoms with van der Waals surface area (Å²) in [6.45, 7) is 3.84. The lowest BCUT2D eigenvalue weighted by Crippen LogP contribution is -2.58. The van der Waals surface area contributed by atoms with E-state index in [-0.39, 0.29) is 31.6 Å². The maximum Gasteiger partial charge on any atom is 0.326 e. The summed E-state index contributed by atoms with van der Waals surface area (Å²) in [5, 5.41) is 17.1. The van der Waals surface area contributed by atoms with Gasteiger partial charge in [0, 0.05) is 24.7 Å². The molecule has 14 heteroatoms. The van der Waals surface area contributed by atoms with Crippen molar-refractivity contribution < 1.29 is 29.1 Å². The van der Waals surface area contributed by atoms with Gasteiger partial charge >= 0.3 is 5.97 Å². The molecule has 0 aliphatic carbocycles. The maximum atomic E-state index is 13.2. The highest BCUT2D eigenvalue weighted by Crippen LogP contribution is 2.10. The van der Waals surface area contributed by atoms with E-state index in [1.54, 1.807) is 13.8 Å². The lowest BCUT2D eigenvalue weighted by molar-refractivity contribution is -0.144. The Morgan fingerprint density at radius 2 is 1.65 bits per heavy atom. The molecular formula is C23H40N8O6. The van der Waals surface area contributed by atoms with Gasteiger partial charge in [-0.3, -0.25) is 19.2 Å². The number of H-pyrrole nitrogens is 1. The van der Waals surface area contributed by atoms with E-state index in [1.807, 2.05) is 0 Å². The van der Waals surface area contributed by atoms with Crippen LogP contribution in [-0.4, -0.2) is 75.4 Å². The molecule has 0 aliphatic heterocycles. The van der Waals surface area contributed by atoms with E-state index in [1.165, 1.54) is 12.5 Å². The third kappa shape index (κ3) is 11.4. The molecule has 0 saturated carbocycles. The molecule has 5 unspecified atom stereocenters. The third-order valence-electron chi connectivity index (χ3n) is 6.00. The van der Waals surface area contributed by atoms with Crippen LogP contribution in [0.15, 0.2) is 12.5 Å². The van der Waals surface area contributed by atoms with Gasteiger partial charge in [0.15, 0.2) is 0 Å². The molecule has 1 rings (SSSR count). The summed E-state index contributed by atoms with van der Waals surface area (Å²) in [6, 6.07) is -4.45. The van der Waals surface area contributed by atoms with Crippen LogP contribution >= 0.6 is 0 Å². The van der Waals surface area contributed by atoms with Gasteiger partial charge in [-0.25, -0.2) is 9.78 Å². The van der Waals surface area contributed by atoms with Gasteiger partial charge in [-0.15, -0.1) is 0 Å².